The topological polar surface area (TPSA) is 68.0 Å². The third kappa shape index (κ3) is 5.24. The van der Waals surface area contributed by atoms with Crippen LogP contribution in [0, 0.1) is 5.82 Å². The molecule has 0 saturated heterocycles. The van der Waals surface area contributed by atoms with Crippen molar-refractivity contribution >= 4 is 34.1 Å². The average Bonchev–Trinajstić information content (AvgIpc) is 3.18. The Hall–Kier alpha value is -3.77. The van der Waals surface area contributed by atoms with Crippen LogP contribution in [-0.2, 0) is 14.3 Å². The van der Waals surface area contributed by atoms with E-state index < -0.39 is 12.1 Å². The van der Waals surface area contributed by atoms with Crippen LogP contribution in [0.25, 0.3) is 33.6 Å². The summed E-state index contributed by atoms with van der Waals surface area (Å²) in [5.41, 5.74) is 4.74. The summed E-state index contributed by atoms with van der Waals surface area (Å²) >= 11 is 0. The van der Waals surface area contributed by atoms with Crippen molar-refractivity contribution in [1.29, 1.82) is 0 Å². The summed E-state index contributed by atoms with van der Waals surface area (Å²) in [5, 5.41) is 12.8. The highest BCUT2D eigenvalue weighted by Crippen LogP contribution is 2.40. The molecule has 4 rings (SSSR count). The van der Waals surface area contributed by atoms with Crippen molar-refractivity contribution in [3.05, 3.63) is 83.8 Å². The highest BCUT2D eigenvalue weighted by Gasteiger charge is 2.22. The number of pyridine rings is 1. The SMILES string of the molecule is CCOC(=O)CC(=O)CC(O)/C=C/c1c(C(C)C)c2c3ccccc3ccn2c1-c1ccc(F)cc1. The maximum Gasteiger partial charge on any atom is 0.313 e. The molecule has 1 unspecified atom stereocenters. The standard InChI is InChI=1S/C30H30FNO4/c1-4-36-27(35)18-24(34)17-23(33)13-14-26-28(19(2)3)30-25-8-6-5-7-20(25)15-16-32(30)29(26)21-9-11-22(31)12-10-21/h5-16,19,23,33H,4,17-18H2,1-3H3/b14-13+. The molecule has 36 heavy (non-hydrogen) atoms. The van der Waals surface area contributed by atoms with Gasteiger partial charge in [0.25, 0.3) is 0 Å². The first-order chi connectivity index (χ1) is 17.3. The molecule has 5 nitrogen and oxygen atoms in total. The van der Waals surface area contributed by atoms with Crippen molar-refractivity contribution in [1.82, 2.24) is 4.40 Å². The third-order valence-corrected chi connectivity index (χ3v) is 6.16. The minimum atomic E-state index is -1.06. The van der Waals surface area contributed by atoms with Crippen LogP contribution >= 0.6 is 0 Å². The van der Waals surface area contributed by atoms with E-state index >= 15 is 0 Å². The molecule has 4 aromatic rings. The van der Waals surface area contributed by atoms with Gasteiger partial charge in [-0.25, -0.2) is 4.39 Å². The number of aromatic nitrogens is 1. The Morgan fingerprint density at radius 2 is 1.81 bits per heavy atom. The minimum Gasteiger partial charge on any atom is -0.466 e. The number of ether oxygens (including phenoxy) is 1. The van der Waals surface area contributed by atoms with Crippen LogP contribution in [-0.4, -0.2) is 34.0 Å². The number of Topliss-reactive ketones (excluding diaryl/α,β-unsaturated/α-hetero) is 1. The number of fused-ring (bicyclic) bond motifs is 3. The summed E-state index contributed by atoms with van der Waals surface area (Å²) in [5.74, 6) is -1.16. The molecule has 2 aromatic heterocycles. The zero-order valence-electron chi connectivity index (χ0n) is 20.7. The van der Waals surface area contributed by atoms with E-state index in [0.29, 0.717) is 0 Å². The first-order valence-electron chi connectivity index (χ1n) is 12.1. The van der Waals surface area contributed by atoms with E-state index in [1.54, 1.807) is 25.1 Å². The lowest BCUT2D eigenvalue weighted by molar-refractivity contribution is -0.145. The van der Waals surface area contributed by atoms with Crippen molar-refractivity contribution in [2.45, 2.75) is 45.6 Å². The molecule has 0 amide bonds. The van der Waals surface area contributed by atoms with Crippen LogP contribution in [0.1, 0.15) is 50.7 Å². The number of benzene rings is 2. The highest BCUT2D eigenvalue weighted by molar-refractivity contribution is 6.02. The minimum absolute atomic E-state index is 0.141. The van der Waals surface area contributed by atoms with E-state index in [0.717, 1.165) is 38.7 Å². The Labute approximate surface area is 209 Å². The van der Waals surface area contributed by atoms with Gasteiger partial charge in [-0.2, -0.15) is 0 Å². The molecule has 0 spiro atoms. The fourth-order valence-electron chi connectivity index (χ4n) is 4.67. The molecule has 1 atom stereocenters. The van der Waals surface area contributed by atoms with E-state index in [1.165, 1.54) is 12.1 Å². The lowest BCUT2D eigenvalue weighted by Gasteiger charge is -2.09. The van der Waals surface area contributed by atoms with Gasteiger partial charge in [-0.05, 0) is 59.7 Å². The first-order valence-corrected chi connectivity index (χ1v) is 12.1. The van der Waals surface area contributed by atoms with Crippen molar-refractivity contribution in [2.75, 3.05) is 6.61 Å². The molecule has 0 radical (unpaired) electrons. The van der Waals surface area contributed by atoms with Crippen LogP contribution in [0.15, 0.2) is 66.9 Å². The van der Waals surface area contributed by atoms with Gasteiger partial charge >= 0.3 is 5.97 Å². The van der Waals surface area contributed by atoms with Gasteiger partial charge in [0.15, 0.2) is 0 Å². The Bertz CT molecular complexity index is 1430. The van der Waals surface area contributed by atoms with Crippen LogP contribution < -0.4 is 0 Å². The van der Waals surface area contributed by atoms with Crippen LogP contribution in [0.2, 0.25) is 0 Å². The summed E-state index contributed by atoms with van der Waals surface area (Å²) in [6.07, 6.45) is 3.82. The Morgan fingerprint density at radius 1 is 1.08 bits per heavy atom. The van der Waals surface area contributed by atoms with E-state index in [1.807, 2.05) is 24.4 Å². The number of aliphatic hydroxyl groups is 1. The lowest BCUT2D eigenvalue weighted by Crippen LogP contribution is -2.16. The quantitative estimate of drug-likeness (QED) is 0.222. The number of hydrogen-bond donors (Lipinski definition) is 1. The Balaban J connectivity index is 1.83. The summed E-state index contributed by atoms with van der Waals surface area (Å²) in [6, 6.07) is 16.6. The van der Waals surface area contributed by atoms with Crippen molar-refractivity contribution in [3.63, 3.8) is 0 Å². The lowest BCUT2D eigenvalue weighted by atomic mass is 9.94. The molecule has 0 bridgehead atoms. The van der Waals surface area contributed by atoms with Gasteiger partial charge < -0.3 is 14.2 Å². The van der Waals surface area contributed by atoms with E-state index in [2.05, 4.69) is 36.4 Å². The fourth-order valence-corrected chi connectivity index (χ4v) is 4.67. The van der Waals surface area contributed by atoms with Gasteiger partial charge in [-0.15, -0.1) is 0 Å². The van der Waals surface area contributed by atoms with Gasteiger partial charge in [0.2, 0.25) is 0 Å². The first kappa shape index (κ1) is 25.3. The molecule has 2 aromatic carbocycles. The summed E-state index contributed by atoms with van der Waals surface area (Å²) in [7, 11) is 0. The molecular weight excluding hydrogens is 457 g/mol. The molecular formula is C30H30FNO4. The summed E-state index contributed by atoms with van der Waals surface area (Å²) in [6.45, 7) is 6.11. The normalized spacial score (nSPS) is 12.6. The molecule has 0 aliphatic rings. The Morgan fingerprint density at radius 3 is 2.50 bits per heavy atom. The van der Waals surface area contributed by atoms with E-state index in [-0.39, 0.29) is 37.0 Å². The number of aliphatic hydroxyl groups excluding tert-OH is 1. The maximum atomic E-state index is 13.8. The van der Waals surface area contributed by atoms with E-state index in [4.69, 9.17) is 4.74 Å². The number of rotatable bonds is 9. The van der Waals surface area contributed by atoms with Gasteiger partial charge in [-0.1, -0.05) is 50.3 Å². The molecule has 1 N–H and O–H groups in total. The zero-order valence-corrected chi connectivity index (χ0v) is 20.7. The molecule has 2 heterocycles. The molecule has 186 valence electrons. The third-order valence-electron chi connectivity index (χ3n) is 6.16. The Kier molecular flexibility index (Phi) is 7.65. The second kappa shape index (κ2) is 10.9. The number of carbonyl (C=O) groups is 2. The van der Waals surface area contributed by atoms with Crippen LogP contribution in [0.3, 0.4) is 0 Å². The monoisotopic (exact) mass is 487 g/mol. The molecule has 0 aliphatic carbocycles. The smallest absolute Gasteiger partial charge is 0.313 e. The predicted molar refractivity (Wildman–Crippen MR) is 140 cm³/mol. The van der Waals surface area contributed by atoms with Crippen molar-refractivity contribution in [2.24, 2.45) is 0 Å². The van der Waals surface area contributed by atoms with Gasteiger partial charge in [0, 0.05) is 23.6 Å². The van der Waals surface area contributed by atoms with Crippen LogP contribution in [0.5, 0.6) is 0 Å². The number of carbonyl (C=O) groups excluding carboxylic acids is 2. The number of hydrogen-bond acceptors (Lipinski definition) is 4. The van der Waals surface area contributed by atoms with Gasteiger partial charge in [0.1, 0.15) is 18.0 Å². The van der Waals surface area contributed by atoms with Gasteiger partial charge in [-0.3, -0.25) is 9.59 Å². The largest absolute Gasteiger partial charge is 0.466 e. The molecule has 0 fully saturated rings. The van der Waals surface area contributed by atoms with E-state index in [9.17, 15) is 19.1 Å². The highest BCUT2D eigenvalue weighted by atomic mass is 19.1. The molecule has 6 heteroatoms. The zero-order chi connectivity index (χ0) is 25.8. The molecule has 0 aliphatic heterocycles. The number of halogens is 1. The summed E-state index contributed by atoms with van der Waals surface area (Å²) in [4.78, 5) is 23.8. The number of esters is 1. The number of ketones is 1. The molecule has 0 saturated carbocycles. The predicted octanol–water partition coefficient (Wildman–Crippen LogP) is 6.31. The average molecular weight is 488 g/mol. The summed E-state index contributed by atoms with van der Waals surface area (Å²) < 4.78 is 20.7. The maximum absolute atomic E-state index is 13.8. The second-order valence-electron chi connectivity index (χ2n) is 9.11. The fraction of sp³-hybridized carbons (Fsp3) is 0.267. The van der Waals surface area contributed by atoms with Gasteiger partial charge in [0.05, 0.1) is 23.9 Å². The number of nitrogens with zero attached hydrogens (tertiary/aromatic N) is 1. The van der Waals surface area contributed by atoms with Crippen LogP contribution in [0.4, 0.5) is 4.39 Å². The van der Waals surface area contributed by atoms with Crippen molar-refractivity contribution in [3.8, 4) is 11.3 Å². The second-order valence-corrected chi connectivity index (χ2v) is 9.11. The van der Waals surface area contributed by atoms with Crippen molar-refractivity contribution < 1.29 is 23.8 Å².